The van der Waals surface area contributed by atoms with Gasteiger partial charge in [-0.3, -0.25) is 0 Å². The Labute approximate surface area is 176 Å². The van der Waals surface area contributed by atoms with E-state index in [9.17, 15) is 0 Å². The van der Waals surface area contributed by atoms with Gasteiger partial charge in [-0.15, -0.1) is 10.9 Å². The number of anilines is 2. The number of nitrogens with zero attached hydrogens (tertiary/aromatic N) is 1. The predicted molar refractivity (Wildman–Crippen MR) is 144 cm³/mol. The topological polar surface area (TPSA) is 3.24 Å². The van der Waals surface area contributed by atoms with Gasteiger partial charge in [0.2, 0.25) is 0 Å². The Balaban J connectivity index is 2.14. The first-order chi connectivity index (χ1) is 13.3. The minimum atomic E-state index is 0.446. The van der Waals surface area contributed by atoms with E-state index in [1.807, 2.05) is 0 Å². The molecular weight excluding hydrogens is 330 g/mol. The molecular formula is C20H26B7N. The van der Waals surface area contributed by atoms with E-state index >= 15 is 0 Å². The minimum absolute atomic E-state index is 0.446. The van der Waals surface area contributed by atoms with Crippen molar-refractivity contribution in [1.29, 1.82) is 0 Å². The molecule has 0 radical (unpaired) electrons. The van der Waals surface area contributed by atoms with Crippen molar-refractivity contribution in [3.05, 3.63) is 63.6 Å². The maximum atomic E-state index is 2.59. The van der Waals surface area contributed by atoms with Crippen LogP contribution in [0.1, 0.15) is 24.0 Å². The zero-order valence-electron chi connectivity index (χ0n) is 18.7. The molecule has 1 aliphatic heterocycles. The number of hydrogen-bond donors (Lipinski definition) is 0. The highest BCUT2D eigenvalue weighted by Crippen LogP contribution is 2.55. The van der Waals surface area contributed by atoms with Gasteiger partial charge in [0.05, 0.1) is 0 Å². The molecule has 28 heavy (non-hydrogen) atoms. The molecule has 1 aliphatic carbocycles. The Kier molecular flexibility index (Phi) is 4.80. The lowest BCUT2D eigenvalue weighted by Crippen LogP contribution is -2.39. The molecule has 1 nitrogen and oxygen atoms in total. The Morgan fingerprint density at radius 2 is 1.50 bits per heavy atom. The van der Waals surface area contributed by atoms with Crippen LogP contribution in [0.5, 0.6) is 0 Å². The molecule has 0 N–H and O–H groups in total. The lowest BCUT2D eigenvalue weighted by Gasteiger charge is -2.35. The van der Waals surface area contributed by atoms with E-state index in [1.54, 1.807) is 11.0 Å². The summed E-state index contributed by atoms with van der Waals surface area (Å²) in [6.45, 7) is 2.29. The Bertz CT molecular complexity index is 1040. The van der Waals surface area contributed by atoms with E-state index in [4.69, 9.17) is 0 Å². The fourth-order valence-electron chi connectivity index (χ4n) is 5.64. The summed E-state index contributed by atoms with van der Waals surface area (Å²) in [7, 11) is 16.4. The van der Waals surface area contributed by atoms with Crippen LogP contribution in [0.15, 0.2) is 52.4 Å². The van der Waals surface area contributed by atoms with Crippen LogP contribution < -0.4 is 21.3 Å². The first kappa shape index (κ1) is 19.5. The molecule has 1 heterocycles. The van der Waals surface area contributed by atoms with Crippen molar-refractivity contribution in [3.63, 3.8) is 0 Å². The van der Waals surface area contributed by atoms with E-state index in [2.05, 4.69) is 97.1 Å². The maximum Gasteiger partial charge on any atom is 0.142 e. The summed E-state index contributed by atoms with van der Waals surface area (Å²) in [6, 6.07) is 11.0. The van der Waals surface area contributed by atoms with E-state index in [0.29, 0.717) is 11.7 Å². The molecule has 0 saturated heterocycles. The number of hydrogen-bond acceptors (Lipinski definition) is 1. The van der Waals surface area contributed by atoms with Crippen LogP contribution in [0.2, 0.25) is 5.82 Å². The second-order valence-electron chi connectivity index (χ2n) is 8.72. The molecule has 0 saturated carbocycles. The first-order valence-electron chi connectivity index (χ1n) is 10.7. The average Bonchev–Trinajstić information content (AvgIpc) is 3.06. The van der Waals surface area contributed by atoms with Crippen LogP contribution in [0, 0.1) is 0 Å². The Morgan fingerprint density at radius 3 is 2.11 bits per heavy atom. The number of para-hydroxylation sites is 1. The van der Waals surface area contributed by atoms with Gasteiger partial charge < -0.3 is 4.90 Å². The van der Waals surface area contributed by atoms with Gasteiger partial charge >= 0.3 is 0 Å². The predicted octanol–water partition coefficient (Wildman–Crippen LogP) is -3.98. The number of allylic oxidation sites excluding steroid dienone is 4. The van der Waals surface area contributed by atoms with Crippen molar-refractivity contribution in [1.82, 2.24) is 0 Å². The van der Waals surface area contributed by atoms with Gasteiger partial charge in [0.1, 0.15) is 54.9 Å². The van der Waals surface area contributed by atoms with Crippen LogP contribution in [0.3, 0.4) is 0 Å². The first-order valence-corrected chi connectivity index (χ1v) is 10.7. The van der Waals surface area contributed by atoms with Crippen molar-refractivity contribution in [3.8, 4) is 0 Å². The third kappa shape index (κ3) is 2.49. The summed E-state index contributed by atoms with van der Waals surface area (Å²) in [5.41, 5.74) is 16.2. The molecule has 0 fully saturated rings. The molecule has 2 aliphatic rings. The molecule has 0 amide bonds. The van der Waals surface area contributed by atoms with Crippen molar-refractivity contribution >= 4 is 82.7 Å². The summed E-state index contributed by atoms with van der Waals surface area (Å²) in [6.07, 6.45) is 1.09. The van der Waals surface area contributed by atoms with Gasteiger partial charge in [0.25, 0.3) is 0 Å². The zero-order chi connectivity index (χ0) is 20.3. The number of fused-ring (bicyclic) bond motifs is 3. The summed E-state index contributed by atoms with van der Waals surface area (Å²) < 4.78 is 0. The molecule has 132 valence electrons. The van der Waals surface area contributed by atoms with Crippen LogP contribution in [-0.4, -0.2) is 54.9 Å². The van der Waals surface area contributed by atoms with Gasteiger partial charge in [-0.25, -0.2) is 0 Å². The summed E-state index contributed by atoms with van der Waals surface area (Å²) >= 11 is 0. The highest BCUT2D eigenvalue weighted by atomic mass is 15.2. The molecule has 0 bridgehead atoms. The maximum absolute atomic E-state index is 2.59. The Morgan fingerprint density at radius 1 is 0.857 bits per heavy atom. The van der Waals surface area contributed by atoms with Crippen LogP contribution in [0.25, 0.3) is 0 Å². The summed E-state index contributed by atoms with van der Waals surface area (Å²) in [5.74, 6) is 0.971. The third-order valence-corrected chi connectivity index (χ3v) is 7.64. The highest BCUT2D eigenvalue weighted by Gasteiger charge is 2.43. The average molecular weight is 356 g/mol. The van der Waals surface area contributed by atoms with E-state index < -0.39 is 0 Å². The lowest BCUT2D eigenvalue weighted by atomic mass is 9.52. The summed E-state index contributed by atoms with van der Waals surface area (Å²) in [4.78, 5) is 2.59. The monoisotopic (exact) mass is 357 g/mol. The minimum Gasteiger partial charge on any atom is -0.314 e. The van der Waals surface area contributed by atoms with Gasteiger partial charge in [-0.2, -0.15) is 0 Å². The smallest absolute Gasteiger partial charge is 0.142 e. The molecule has 0 spiro atoms. The second kappa shape index (κ2) is 6.90. The van der Waals surface area contributed by atoms with Gasteiger partial charge in [0, 0.05) is 23.0 Å². The van der Waals surface area contributed by atoms with Crippen molar-refractivity contribution < 1.29 is 0 Å². The van der Waals surface area contributed by atoms with Crippen LogP contribution >= 0.6 is 0 Å². The molecule has 4 rings (SSSR count). The molecule has 2 atom stereocenters. The standard InChI is InChI=1S/C20H26B7N/c1-2-9-12(21)14(23)10-11-15(24)16(25)17(26)18(27)20(11)28(19(10)13(9)22)8-6-4-3-5-7-8/h3-7,11,15H,2,21-27H2,1H3. The van der Waals surface area contributed by atoms with E-state index in [-0.39, 0.29) is 0 Å². The van der Waals surface area contributed by atoms with Crippen molar-refractivity contribution in [2.45, 2.75) is 25.1 Å². The highest BCUT2D eigenvalue weighted by molar-refractivity contribution is 6.54. The quantitative estimate of drug-likeness (QED) is 0.497. The normalized spacial score (nSPS) is 21.1. The van der Waals surface area contributed by atoms with Gasteiger partial charge in [-0.1, -0.05) is 52.5 Å². The van der Waals surface area contributed by atoms with Crippen LogP contribution in [-0.2, 0) is 6.42 Å². The summed E-state index contributed by atoms with van der Waals surface area (Å²) in [5, 5.41) is 0. The Hall–Kier alpha value is -1.83. The molecule has 8 heteroatoms. The molecule has 2 aromatic rings. The largest absolute Gasteiger partial charge is 0.314 e. The van der Waals surface area contributed by atoms with E-state index in [1.165, 1.54) is 50.0 Å². The van der Waals surface area contributed by atoms with Crippen molar-refractivity contribution in [2.24, 2.45) is 0 Å². The molecule has 2 unspecified atom stereocenters. The number of benzene rings is 2. The lowest BCUT2D eigenvalue weighted by molar-refractivity contribution is 0.803. The fourth-order valence-corrected chi connectivity index (χ4v) is 5.64. The zero-order valence-corrected chi connectivity index (χ0v) is 18.7. The SMILES string of the molecule is BC1=C(B)C(B)C2C(=C1B)N(c1ccccc1)c1c(B)c(CC)c(B)c(B)c12. The fraction of sp³-hybridized carbons (Fsp3) is 0.200. The van der Waals surface area contributed by atoms with E-state index in [0.717, 1.165) is 6.42 Å². The third-order valence-electron chi connectivity index (χ3n) is 7.64. The van der Waals surface area contributed by atoms with Crippen LogP contribution in [0.4, 0.5) is 11.4 Å². The van der Waals surface area contributed by atoms with Gasteiger partial charge in [-0.05, 0) is 29.9 Å². The van der Waals surface area contributed by atoms with Crippen molar-refractivity contribution in [2.75, 3.05) is 4.90 Å². The number of rotatable bonds is 2. The second-order valence-corrected chi connectivity index (χ2v) is 8.72. The molecule has 2 aromatic carbocycles. The molecule has 0 aromatic heterocycles. The van der Waals surface area contributed by atoms with Gasteiger partial charge in [0.15, 0.2) is 0 Å².